The number of aliphatic hydroxyl groups is 1. The summed E-state index contributed by atoms with van der Waals surface area (Å²) in [6.07, 6.45) is 1.71. The maximum absolute atomic E-state index is 11.0. The average molecular weight is 288 g/mol. The molecule has 2 aliphatic rings. The number of rotatable bonds is 4. The molecule has 1 aromatic rings. The number of benzene rings is 1. The first-order chi connectivity index (χ1) is 10.2. The van der Waals surface area contributed by atoms with E-state index in [4.69, 9.17) is 14.7 Å². The van der Waals surface area contributed by atoms with Crippen molar-refractivity contribution in [3.05, 3.63) is 29.8 Å². The van der Waals surface area contributed by atoms with Gasteiger partial charge in [0.2, 0.25) is 0 Å². The van der Waals surface area contributed by atoms with Crippen LogP contribution in [0.1, 0.15) is 24.8 Å². The van der Waals surface area contributed by atoms with Crippen LogP contribution in [0, 0.1) is 11.3 Å². The summed E-state index contributed by atoms with van der Waals surface area (Å²) in [6, 6.07) is 10.0. The predicted molar refractivity (Wildman–Crippen MR) is 76.8 cm³/mol. The molecule has 5 nitrogen and oxygen atoms in total. The van der Waals surface area contributed by atoms with E-state index in [0.29, 0.717) is 39.1 Å². The quantitative estimate of drug-likeness (QED) is 0.817. The first-order valence-electron chi connectivity index (χ1n) is 7.36. The van der Waals surface area contributed by atoms with E-state index >= 15 is 0 Å². The van der Waals surface area contributed by atoms with Gasteiger partial charge >= 0.3 is 0 Å². The maximum atomic E-state index is 11.0. The molecule has 112 valence electrons. The number of nitrogens with one attached hydrogen (secondary N) is 1. The lowest BCUT2D eigenvalue weighted by atomic mass is 9.78. The van der Waals surface area contributed by atoms with Crippen LogP contribution in [-0.2, 0) is 10.3 Å². The van der Waals surface area contributed by atoms with Crippen LogP contribution in [0.2, 0.25) is 0 Å². The second kappa shape index (κ2) is 6.02. The van der Waals surface area contributed by atoms with Gasteiger partial charge < -0.3 is 19.9 Å². The Kier molecular flexibility index (Phi) is 4.11. The molecule has 2 bridgehead atoms. The molecule has 2 heterocycles. The van der Waals surface area contributed by atoms with Gasteiger partial charge in [-0.1, -0.05) is 12.1 Å². The lowest BCUT2D eigenvalue weighted by Crippen LogP contribution is -2.58. The van der Waals surface area contributed by atoms with E-state index in [9.17, 15) is 5.11 Å². The molecule has 0 saturated carbocycles. The summed E-state index contributed by atoms with van der Waals surface area (Å²) >= 11 is 0. The standard InChI is InChI=1S/C16H20N2O3/c17-6-1-7-21-15-4-2-12(3-5-15)16(19)8-13-10-20-11-14(9-16)18-13/h2-5,13-14,18-19H,1,7-11H2. The molecule has 5 heteroatoms. The van der Waals surface area contributed by atoms with E-state index in [2.05, 4.69) is 5.32 Å². The Labute approximate surface area is 124 Å². The highest BCUT2D eigenvalue weighted by Gasteiger charge is 2.42. The van der Waals surface area contributed by atoms with Crippen molar-refractivity contribution in [3.8, 4) is 11.8 Å². The smallest absolute Gasteiger partial charge is 0.119 e. The number of hydrogen-bond acceptors (Lipinski definition) is 5. The molecular weight excluding hydrogens is 268 g/mol. The molecule has 0 aromatic heterocycles. The van der Waals surface area contributed by atoms with Crippen molar-refractivity contribution >= 4 is 0 Å². The number of morpholine rings is 1. The second-order valence-corrected chi connectivity index (χ2v) is 5.82. The maximum Gasteiger partial charge on any atom is 0.119 e. The zero-order valence-electron chi connectivity index (χ0n) is 11.9. The van der Waals surface area contributed by atoms with Gasteiger partial charge in [-0.2, -0.15) is 5.26 Å². The third-order valence-corrected chi connectivity index (χ3v) is 4.15. The van der Waals surface area contributed by atoms with Crippen LogP contribution in [0.15, 0.2) is 24.3 Å². The minimum absolute atomic E-state index is 0.217. The van der Waals surface area contributed by atoms with Crippen LogP contribution in [-0.4, -0.2) is 37.0 Å². The highest BCUT2D eigenvalue weighted by Crippen LogP contribution is 2.37. The third kappa shape index (κ3) is 3.18. The van der Waals surface area contributed by atoms with E-state index in [0.717, 1.165) is 11.3 Å². The molecule has 2 atom stereocenters. The molecule has 0 aliphatic carbocycles. The van der Waals surface area contributed by atoms with Crippen LogP contribution in [0.5, 0.6) is 5.75 Å². The molecule has 0 amide bonds. The van der Waals surface area contributed by atoms with Gasteiger partial charge in [0.05, 0.1) is 31.3 Å². The van der Waals surface area contributed by atoms with Gasteiger partial charge in [0.15, 0.2) is 0 Å². The van der Waals surface area contributed by atoms with Crippen LogP contribution in [0.3, 0.4) is 0 Å². The number of fused-ring (bicyclic) bond motifs is 2. The highest BCUT2D eigenvalue weighted by atomic mass is 16.5. The molecular formula is C16H20N2O3. The van der Waals surface area contributed by atoms with Crippen LogP contribution >= 0.6 is 0 Å². The van der Waals surface area contributed by atoms with Crippen molar-refractivity contribution in [1.29, 1.82) is 5.26 Å². The summed E-state index contributed by atoms with van der Waals surface area (Å²) < 4.78 is 11.0. The molecule has 2 unspecified atom stereocenters. The normalized spacial score (nSPS) is 31.4. The molecule has 2 saturated heterocycles. The van der Waals surface area contributed by atoms with Crippen molar-refractivity contribution in [3.63, 3.8) is 0 Å². The fourth-order valence-electron chi connectivity index (χ4n) is 3.23. The van der Waals surface area contributed by atoms with Crippen LogP contribution in [0.25, 0.3) is 0 Å². The fraction of sp³-hybridized carbons (Fsp3) is 0.562. The number of hydrogen-bond donors (Lipinski definition) is 2. The van der Waals surface area contributed by atoms with E-state index in [1.54, 1.807) is 0 Å². The number of nitriles is 1. The van der Waals surface area contributed by atoms with Crippen molar-refractivity contribution in [2.45, 2.75) is 36.9 Å². The summed E-state index contributed by atoms with van der Waals surface area (Å²) in [5, 5.41) is 22.9. The lowest BCUT2D eigenvalue weighted by molar-refractivity contribution is -0.0802. The number of nitrogens with zero attached hydrogens (tertiary/aromatic N) is 1. The molecule has 21 heavy (non-hydrogen) atoms. The average Bonchev–Trinajstić information content (AvgIpc) is 2.47. The fourth-order valence-corrected chi connectivity index (χ4v) is 3.23. The Morgan fingerprint density at radius 1 is 1.29 bits per heavy atom. The molecule has 2 N–H and O–H groups in total. The minimum Gasteiger partial charge on any atom is -0.493 e. The van der Waals surface area contributed by atoms with E-state index in [1.165, 1.54) is 0 Å². The van der Waals surface area contributed by atoms with Gasteiger partial charge in [-0.25, -0.2) is 0 Å². The number of piperidine rings is 1. The Morgan fingerprint density at radius 3 is 2.57 bits per heavy atom. The summed E-state index contributed by atoms with van der Waals surface area (Å²) in [5.41, 5.74) is 0.128. The van der Waals surface area contributed by atoms with Gasteiger partial charge in [-0.3, -0.25) is 0 Å². The molecule has 0 spiro atoms. The SMILES string of the molecule is N#CCCOc1ccc(C2(O)CC3COCC(C2)N3)cc1. The van der Waals surface area contributed by atoms with Gasteiger partial charge in [-0.05, 0) is 30.5 Å². The molecule has 2 fully saturated rings. The molecule has 2 aliphatic heterocycles. The van der Waals surface area contributed by atoms with Crippen molar-refractivity contribution < 1.29 is 14.6 Å². The molecule has 3 rings (SSSR count). The third-order valence-electron chi connectivity index (χ3n) is 4.15. The Balaban J connectivity index is 1.69. The van der Waals surface area contributed by atoms with Crippen molar-refractivity contribution in [2.24, 2.45) is 0 Å². The summed E-state index contributed by atoms with van der Waals surface area (Å²) in [5.74, 6) is 0.732. The Morgan fingerprint density at radius 2 is 1.95 bits per heavy atom. The zero-order valence-corrected chi connectivity index (χ0v) is 11.9. The first-order valence-corrected chi connectivity index (χ1v) is 7.36. The predicted octanol–water partition coefficient (Wildman–Crippen LogP) is 1.32. The van der Waals surface area contributed by atoms with Gasteiger partial charge in [-0.15, -0.1) is 0 Å². The first kappa shape index (κ1) is 14.3. The van der Waals surface area contributed by atoms with E-state index in [1.807, 2.05) is 30.3 Å². The Hall–Kier alpha value is -1.61. The monoisotopic (exact) mass is 288 g/mol. The minimum atomic E-state index is -0.796. The van der Waals surface area contributed by atoms with Crippen molar-refractivity contribution in [1.82, 2.24) is 5.32 Å². The van der Waals surface area contributed by atoms with Gasteiger partial charge in [0, 0.05) is 12.1 Å². The van der Waals surface area contributed by atoms with Gasteiger partial charge in [0.25, 0.3) is 0 Å². The second-order valence-electron chi connectivity index (χ2n) is 5.82. The summed E-state index contributed by atoms with van der Waals surface area (Å²) in [7, 11) is 0. The molecule has 0 radical (unpaired) electrons. The zero-order chi connectivity index (χ0) is 14.7. The van der Waals surface area contributed by atoms with Crippen LogP contribution in [0.4, 0.5) is 0 Å². The lowest BCUT2D eigenvalue weighted by Gasteiger charge is -2.45. The van der Waals surface area contributed by atoms with Crippen molar-refractivity contribution in [2.75, 3.05) is 19.8 Å². The van der Waals surface area contributed by atoms with E-state index in [-0.39, 0.29) is 12.1 Å². The largest absolute Gasteiger partial charge is 0.493 e. The Bertz CT molecular complexity index is 511. The van der Waals surface area contributed by atoms with Gasteiger partial charge in [0.1, 0.15) is 12.4 Å². The van der Waals surface area contributed by atoms with E-state index < -0.39 is 5.60 Å². The highest BCUT2D eigenvalue weighted by molar-refractivity contribution is 5.32. The topological polar surface area (TPSA) is 74.5 Å². The summed E-state index contributed by atoms with van der Waals surface area (Å²) in [4.78, 5) is 0. The summed E-state index contributed by atoms with van der Waals surface area (Å²) in [6.45, 7) is 1.72. The molecule has 1 aromatic carbocycles. The van der Waals surface area contributed by atoms with Crippen LogP contribution < -0.4 is 10.1 Å². The number of ether oxygens (including phenoxy) is 2.